The van der Waals surface area contributed by atoms with Crippen molar-refractivity contribution in [1.29, 1.82) is 0 Å². The molecule has 1 aliphatic heterocycles. The van der Waals surface area contributed by atoms with Gasteiger partial charge in [0.1, 0.15) is 12.0 Å². The monoisotopic (exact) mass is 272 g/mol. The number of carbonyl (C=O) groups is 2. The summed E-state index contributed by atoms with van der Waals surface area (Å²) in [5.74, 6) is -0.259. The van der Waals surface area contributed by atoms with Crippen LogP contribution in [0, 0.1) is 0 Å². The van der Waals surface area contributed by atoms with Crippen molar-refractivity contribution in [2.75, 3.05) is 0 Å². The zero-order valence-corrected chi connectivity index (χ0v) is 11.5. The highest BCUT2D eigenvalue weighted by molar-refractivity contribution is 5.95. The normalized spacial score (nSPS) is 22.4. The minimum atomic E-state index is -0.477. The topological polar surface area (TPSA) is 59.1 Å². The Morgan fingerprint density at radius 3 is 3.00 bits per heavy atom. The number of aryl methyl sites for hydroxylation is 1. The maximum absolute atomic E-state index is 12.2. The van der Waals surface area contributed by atoms with Crippen LogP contribution < -0.4 is 5.32 Å². The first-order valence-corrected chi connectivity index (χ1v) is 7.16. The fourth-order valence-corrected chi connectivity index (χ4v) is 2.35. The SMILES string of the molecule is O=C[C@@H]1C/C=C/CCCCCc2cccnc2C(=O)N1. The molecule has 0 radical (unpaired) electrons. The molecule has 2 rings (SSSR count). The minimum absolute atomic E-state index is 0.259. The van der Waals surface area contributed by atoms with Gasteiger partial charge >= 0.3 is 0 Å². The lowest BCUT2D eigenvalue weighted by atomic mass is 10.0. The number of pyridine rings is 1. The molecule has 1 N–H and O–H groups in total. The molecule has 0 fully saturated rings. The molecular weight excluding hydrogens is 252 g/mol. The van der Waals surface area contributed by atoms with Crippen molar-refractivity contribution in [3.8, 4) is 0 Å². The number of aromatic nitrogens is 1. The van der Waals surface area contributed by atoms with Crippen LogP contribution in [0.1, 0.15) is 48.2 Å². The molecule has 1 amide bonds. The van der Waals surface area contributed by atoms with Crippen LogP contribution in [0.4, 0.5) is 0 Å². The number of hydrogen-bond acceptors (Lipinski definition) is 3. The van der Waals surface area contributed by atoms with Gasteiger partial charge in [-0.25, -0.2) is 0 Å². The summed E-state index contributed by atoms with van der Waals surface area (Å²) >= 11 is 0. The van der Waals surface area contributed by atoms with Gasteiger partial charge in [0.2, 0.25) is 0 Å². The Morgan fingerprint density at radius 1 is 1.25 bits per heavy atom. The lowest BCUT2D eigenvalue weighted by Gasteiger charge is -2.12. The molecule has 0 aromatic carbocycles. The molecule has 4 heteroatoms. The summed E-state index contributed by atoms with van der Waals surface area (Å²) in [6, 6.07) is 3.31. The average molecular weight is 272 g/mol. The van der Waals surface area contributed by atoms with Crippen molar-refractivity contribution in [2.24, 2.45) is 0 Å². The van der Waals surface area contributed by atoms with E-state index >= 15 is 0 Å². The fourth-order valence-electron chi connectivity index (χ4n) is 2.35. The van der Waals surface area contributed by atoms with Crippen LogP contribution in [0.5, 0.6) is 0 Å². The second-order valence-electron chi connectivity index (χ2n) is 5.03. The molecule has 0 aliphatic carbocycles. The van der Waals surface area contributed by atoms with Gasteiger partial charge in [0, 0.05) is 6.20 Å². The average Bonchev–Trinajstić information content (AvgIpc) is 2.49. The summed E-state index contributed by atoms with van der Waals surface area (Å²) in [5, 5.41) is 2.74. The van der Waals surface area contributed by atoms with E-state index in [9.17, 15) is 9.59 Å². The fraction of sp³-hybridized carbons (Fsp3) is 0.438. The van der Waals surface area contributed by atoms with Gasteiger partial charge in [-0.05, 0) is 43.7 Å². The zero-order valence-electron chi connectivity index (χ0n) is 11.5. The van der Waals surface area contributed by atoms with E-state index in [0.717, 1.165) is 44.0 Å². The van der Waals surface area contributed by atoms with Gasteiger partial charge in [-0.3, -0.25) is 9.78 Å². The van der Waals surface area contributed by atoms with Crippen LogP contribution in [0.3, 0.4) is 0 Å². The molecule has 0 spiro atoms. The number of amides is 1. The number of allylic oxidation sites excluding steroid dienone is 1. The Hall–Kier alpha value is -1.97. The Morgan fingerprint density at radius 2 is 2.15 bits per heavy atom. The van der Waals surface area contributed by atoms with E-state index in [2.05, 4.69) is 16.4 Å². The van der Waals surface area contributed by atoms with Crippen LogP contribution in [0.15, 0.2) is 30.5 Å². The summed E-state index contributed by atoms with van der Waals surface area (Å²) in [6.07, 6.45) is 12.2. The Balaban J connectivity index is 2.20. The van der Waals surface area contributed by atoms with Gasteiger partial charge in [0.05, 0.1) is 6.04 Å². The third kappa shape index (κ3) is 4.02. The molecule has 1 atom stereocenters. The summed E-state index contributed by atoms with van der Waals surface area (Å²) in [5.41, 5.74) is 1.41. The summed E-state index contributed by atoms with van der Waals surface area (Å²) in [4.78, 5) is 27.4. The van der Waals surface area contributed by atoms with Gasteiger partial charge in [-0.15, -0.1) is 0 Å². The second-order valence-corrected chi connectivity index (χ2v) is 5.03. The molecule has 20 heavy (non-hydrogen) atoms. The molecular formula is C16H20N2O2. The van der Waals surface area contributed by atoms with E-state index in [0.29, 0.717) is 12.1 Å². The summed E-state index contributed by atoms with van der Waals surface area (Å²) in [6.45, 7) is 0. The van der Waals surface area contributed by atoms with Crippen molar-refractivity contribution in [3.05, 3.63) is 41.7 Å². The maximum atomic E-state index is 12.2. The molecule has 0 unspecified atom stereocenters. The van der Waals surface area contributed by atoms with Gasteiger partial charge in [0.15, 0.2) is 0 Å². The van der Waals surface area contributed by atoms with Crippen molar-refractivity contribution in [3.63, 3.8) is 0 Å². The number of fused-ring (bicyclic) bond motifs is 1. The highest BCUT2D eigenvalue weighted by Crippen LogP contribution is 2.13. The standard InChI is InChI=1S/C16H20N2O2/c19-12-14-10-6-4-2-1-3-5-8-13-9-7-11-17-15(13)16(20)18-14/h4,6-7,9,11-12,14H,1-3,5,8,10H2,(H,18,20)/b6-4+/t14-/m0/s1. The highest BCUT2D eigenvalue weighted by atomic mass is 16.2. The third-order valence-electron chi connectivity index (χ3n) is 3.46. The first-order valence-electron chi connectivity index (χ1n) is 7.16. The molecule has 4 nitrogen and oxygen atoms in total. The van der Waals surface area contributed by atoms with E-state index in [4.69, 9.17) is 0 Å². The van der Waals surface area contributed by atoms with Crippen LogP contribution in [-0.2, 0) is 11.2 Å². The van der Waals surface area contributed by atoms with Crippen LogP contribution in [-0.4, -0.2) is 23.2 Å². The molecule has 2 heterocycles. The second kappa shape index (κ2) is 7.58. The van der Waals surface area contributed by atoms with E-state index < -0.39 is 6.04 Å². The number of hydrogen-bond donors (Lipinski definition) is 1. The number of nitrogens with one attached hydrogen (secondary N) is 1. The van der Waals surface area contributed by atoms with Crippen molar-refractivity contribution < 1.29 is 9.59 Å². The zero-order chi connectivity index (χ0) is 14.2. The van der Waals surface area contributed by atoms with Gasteiger partial charge in [-0.1, -0.05) is 24.6 Å². The quantitative estimate of drug-likeness (QED) is 0.631. The van der Waals surface area contributed by atoms with Crippen molar-refractivity contribution >= 4 is 12.2 Å². The molecule has 0 saturated heterocycles. The molecule has 1 aliphatic rings. The van der Waals surface area contributed by atoms with E-state index in [1.165, 1.54) is 0 Å². The third-order valence-corrected chi connectivity index (χ3v) is 3.46. The number of aldehydes is 1. The van der Waals surface area contributed by atoms with Crippen LogP contribution >= 0.6 is 0 Å². The Kier molecular flexibility index (Phi) is 5.47. The molecule has 0 bridgehead atoms. The largest absolute Gasteiger partial charge is 0.341 e. The van der Waals surface area contributed by atoms with Gasteiger partial charge in [-0.2, -0.15) is 0 Å². The Labute approximate surface area is 119 Å². The molecule has 106 valence electrons. The van der Waals surface area contributed by atoms with E-state index in [-0.39, 0.29) is 5.91 Å². The van der Waals surface area contributed by atoms with Crippen LogP contribution in [0.25, 0.3) is 0 Å². The van der Waals surface area contributed by atoms with E-state index in [1.807, 2.05) is 18.2 Å². The first kappa shape index (κ1) is 14.4. The number of nitrogens with zero attached hydrogens (tertiary/aromatic N) is 1. The summed E-state index contributed by atoms with van der Waals surface area (Å²) < 4.78 is 0. The lowest BCUT2D eigenvalue weighted by Crippen LogP contribution is -2.36. The molecule has 1 aromatic rings. The van der Waals surface area contributed by atoms with E-state index in [1.54, 1.807) is 6.20 Å². The van der Waals surface area contributed by atoms with Gasteiger partial charge in [0.25, 0.3) is 5.91 Å². The van der Waals surface area contributed by atoms with Gasteiger partial charge < -0.3 is 10.1 Å². The minimum Gasteiger partial charge on any atom is -0.341 e. The highest BCUT2D eigenvalue weighted by Gasteiger charge is 2.16. The predicted octanol–water partition coefficient (Wildman–Crippen LogP) is 2.44. The van der Waals surface area contributed by atoms with Crippen molar-refractivity contribution in [2.45, 2.75) is 44.6 Å². The van der Waals surface area contributed by atoms with Crippen LogP contribution in [0.2, 0.25) is 0 Å². The smallest absolute Gasteiger partial charge is 0.270 e. The Bertz CT molecular complexity index is 497. The molecule has 0 saturated carbocycles. The predicted molar refractivity (Wildman–Crippen MR) is 77.5 cm³/mol. The number of carbonyl (C=O) groups excluding carboxylic acids is 2. The first-order chi connectivity index (χ1) is 9.81. The maximum Gasteiger partial charge on any atom is 0.270 e. The van der Waals surface area contributed by atoms with Crippen molar-refractivity contribution in [1.82, 2.24) is 10.3 Å². The number of rotatable bonds is 1. The molecule has 1 aromatic heterocycles. The lowest BCUT2D eigenvalue weighted by molar-refractivity contribution is -0.109. The summed E-state index contributed by atoms with van der Waals surface area (Å²) in [7, 11) is 0.